The molecule has 0 unspecified atom stereocenters. The van der Waals surface area contributed by atoms with Gasteiger partial charge in [-0.25, -0.2) is 0 Å². The first-order valence-corrected chi connectivity index (χ1v) is 7.67. The van der Waals surface area contributed by atoms with Crippen molar-refractivity contribution < 1.29 is 5.11 Å². The van der Waals surface area contributed by atoms with E-state index in [9.17, 15) is 5.11 Å². The maximum Gasteiger partial charge on any atom is 0.0914 e. The van der Waals surface area contributed by atoms with Crippen molar-refractivity contribution in [3.8, 4) is 0 Å². The number of aliphatic hydroxyl groups excluding tert-OH is 1. The lowest BCUT2D eigenvalue weighted by atomic mass is 9.84. The molecule has 0 spiro atoms. The van der Waals surface area contributed by atoms with E-state index in [1.165, 1.54) is 37.7 Å². The lowest BCUT2D eigenvalue weighted by molar-refractivity contribution is 0.162. The quantitative estimate of drug-likeness (QED) is 0.849. The number of hydrogen-bond acceptors (Lipinski definition) is 2. The first-order chi connectivity index (χ1) is 9.19. The molecule has 0 heterocycles. The monoisotopic (exact) mass is 261 g/mol. The van der Waals surface area contributed by atoms with Crippen molar-refractivity contribution in [2.24, 2.45) is 5.92 Å². The summed E-state index contributed by atoms with van der Waals surface area (Å²) in [5.41, 5.74) is 2.25. The smallest absolute Gasteiger partial charge is 0.0914 e. The van der Waals surface area contributed by atoms with Crippen LogP contribution in [-0.4, -0.2) is 17.7 Å². The molecule has 0 radical (unpaired) electrons. The van der Waals surface area contributed by atoms with Gasteiger partial charge in [-0.3, -0.25) is 0 Å². The van der Waals surface area contributed by atoms with Crippen LogP contribution in [0.4, 0.5) is 0 Å². The SMILES string of the molecule is CCC1CCC(NC[C@H](O)c2ccc(C)cc2)CC1. The third kappa shape index (κ3) is 4.32. The van der Waals surface area contributed by atoms with Gasteiger partial charge < -0.3 is 10.4 Å². The molecule has 0 saturated heterocycles. The van der Waals surface area contributed by atoms with Gasteiger partial charge in [0.05, 0.1) is 6.10 Å². The van der Waals surface area contributed by atoms with Gasteiger partial charge in [0.15, 0.2) is 0 Å². The summed E-state index contributed by atoms with van der Waals surface area (Å²) < 4.78 is 0. The summed E-state index contributed by atoms with van der Waals surface area (Å²) in [6, 6.07) is 8.77. The summed E-state index contributed by atoms with van der Waals surface area (Å²) in [5.74, 6) is 0.931. The highest BCUT2D eigenvalue weighted by Gasteiger charge is 2.20. The van der Waals surface area contributed by atoms with Crippen LogP contribution in [0.15, 0.2) is 24.3 Å². The van der Waals surface area contributed by atoms with Crippen LogP contribution in [0.3, 0.4) is 0 Å². The Hall–Kier alpha value is -0.860. The zero-order valence-corrected chi connectivity index (χ0v) is 12.2. The van der Waals surface area contributed by atoms with Crippen LogP contribution < -0.4 is 5.32 Å². The van der Waals surface area contributed by atoms with Crippen LogP contribution in [0, 0.1) is 12.8 Å². The van der Waals surface area contributed by atoms with E-state index in [-0.39, 0.29) is 6.10 Å². The Bertz CT molecular complexity index is 365. The van der Waals surface area contributed by atoms with E-state index >= 15 is 0 Å². The maximum atomic E-state index is 10.2. The highest BCUT2D eigenvalue weighted by atomic mass is 16.3. The molecule has 1 aliphatic carbocycles. The molecular weight excluding hydrogens is 234 g/mol. The predicted octanol–water partition coefficient (Wildman–Crippen LogP) is 3.59. The molecule has 0 aromatic heterocycles. The summed E-state index contributed by atoms with van der Waals surface area (Å²) in [6.45, 7) is 5.03. The Kier molecular flexibility index (Phi) is 5.41. The second-order valence-corrected chi connectivity index (χ2v) is 5.96. The molecule has 1 aromatic rings. The molecule has 0 aliphatic heterocycles. The van der Waals surface area contributed by atoms with E-state index < -0.39 is 0 Å². The van der Waals surface area contributed by atoms with Crippen LogP contribution in [0.5, 0.6) is 0 Å². The minimum absolute atomic E-state index is 0.385. The maximum absolute atomic E-state index is 10.2. The Labute approximate surface area is 117 Å². The largest absolute Gasteiger partial charge is 0.387 e. The summed E-state index contributed by atoms with van der Waals surface area (Å²) in [7, 11) is 0. The number of nitrogens with one attached hydrogen (secondary N) is 1. The summed E-state index contributed by atoms with van der Waals surface area (Å²) in [4.78, 5) is 0. The van der Waals surface area contributed by atoms with Gasteiger partial charge in [0.1, 0.15) is 0 Å². The van der Waals surface area contributed by atoms with Crippen molar-refractivity contribution in [3.05, 3.63) is 35.4 Å². The number of aryl methyl sites for hydroxylation is 1. The van der Waals surface area contributed by atoms with Crippen LogP contribution in [-0.2, 0) is 0 Å². The molecule has 1 aromatic carbocycles. The molecule has 1 aliphatic rings. The number of aliphatic hydroxyl groups is 1. The number of rotatable bonds is 5. The average molecular weight is 261 g/mol. The molecule has 1 atom stereocenters. The Morgan fingerprint density at radius 1 is 1.16 bits per heavy atom. The summed E-state index contributed by atoms with van der Waals surface area (Å²) in [6.07, 6.45) is 6.14. The fraction of sp³-hybridized carbons (Fsp3) is 0.647. The lowest BCUT2D eigenvalue weighted by Gasteiger charge is -2.29. The van der Waals surface area contributed by atoms with Gasteiger partial charge in [-0.05, 0) is 44.1 Å². The van der Waals surface area contributed by atoms with Gasteiger partial charge in [-0.1, -0.05) is 43.2 Å². The van der Waals surface area contributed by atoms with Crippen molar-refractivity contribution in [1.29, 1.82) is 0 Å². The van der Waals surface area contributed by atoms with Crippen molar-refractivity contribution in [2.75, 3.05) is 6.54 Å². The highest BCUT2D eigenvalue weighted by molar-refractivity contribution is 5.23. The van der Waals surface area contributed by atoms with Gasteiger partial charge in [0.2, 0.25) is 0 Å². The van der Waals surface area contributed by atoms with Crippen molar-refractivity contribution in [2.45, 2.75) is 58.1 Å². The number of benzene rings is 1. The molecular formula is C17H27NO. The Balaban J connectivity index is 1.75. The molecule has 2 heteroatoms. The van der Waals surface area contributed by atoms with Gasteiger partial charge in [-0.15, -0.1) is 0 Å². The zero-order chi connectivity index (χ0) is 13.7. The molecule has 2 nitrogen and oxygen atoms in total. The van der Waals surface area contributed by atoms with Crippen molar-refractivity contribution >= 4 is 0 Å². The van der Waals surface area contributed by atoms with Crippen LogP contribution in [0.25, 0.3) is 0 Å². The standard InChI is InChI=1S/C17H27NO/c1-3-14-6-10-16(11-7-14)18-12-17(19)15-8-4-13(2)5-9-15/h4-5,8-9,14,16-19H,3,6-7,10-12H2,1-2H3/t14?,16?,17-/m0/s1. The van der Waals surface area contributed by atoms with Gasteiger partial charge in [0.25, 0.3) is 0 Å². The third-order valence-corrected chi connectivity index (χ3v) is 4.49. The summed E-state index contributed by atoms with van der Waals surface area (Å²) in [5, 5.41) is 13.7. The second kappa shape index (κ2) is 7.06. The summed E-state index contributed by atoms with van der Waals surface area (Å²) >= 11 is 0. The van der Waals surface area contributed by atoms with E-state index in [0.717, 1.165) is 11.5 Å². The number of hydrogen-bond donors (Lipinski definition) is 2. The molecule has 106 valence electrons. The van der Waals surface area contributed by atoms with Crippen molar-refractivity contribution in [3.63, 3.8) is 0 Å². The first-order valence-electron chi connectivity index (χ1n) is 7.67. The molecule has 0 amide bonds. The van der Waals surface area contributed by atoms with Crippen LogP contribution in [0.1, 0.15) is 56.3 Å². The second-order valence-electron chi connectivity index (χ2n) is 5.96. The molecule has 19 heavy (non-hydrogen) atoms. The minimum Gasteiger partial charge on any atom is -0.387 e. The van der Waals surface area contributed by atoms with E-state index in [1.807, 2.05) is 12.1 Å². The predicted molar refractivity (Wildman–Crippen MR) is 80.2 cm³/mol. The molecule has 1 saturated carbocycles. The topological polar surface area (TPSA) is 32.3 Å². The Morgan fingerprint density at radius 2 is 1.79 bits per heavy atom. The molecule has 2 N–H and O–H groups in total. The molecule has 2 rings (SSSR count). The zero-order valence-electron chi connectivity index (χ0n) is 12.2. The van der Waals surface area contributed by atoms with Gasteiger partial charge in [-0.2, -0.15) is 0 Å². The molecule has 0 bridgehead atoms. The highest BCUT2D eigenvalue weighted by Crippen LogP contribution is 2.26. The van der Waals surface area contributed by atoms with E-state index in [2.05, 4.69) is 31.3 Å². The van der Waals surface area contributed by atoms with E-state index in [4.69, 9.17) is 0 Å². The first kappa shape index (κ1) is 14.5. The van der Waals surface area contributed by atoms with Crippen LogP contribution >= 0.6 is 0 Å². The third-order valence-electron chi connectivity index (χ3n) is 4.49. The van der Waals surface area contributed by atoms with E-state index in [0.29, 0.717) is 12.6 Å². The fourth-order valence-electron chi connectivity index (χ4n) is 2.96. The fourth-order valence-corrected chi connectivity index (χ4v) is 2.96. The van der Waals surface area contributed by atoms with Gasteiger partial charge in [0, 0.05) is 12.6 Å². The average Bonchev–Trinajstić information content (AvgIpc) is 2.46. The molecule has 1 fully saturated rings. The Morgan fingerprint density at radius 3 is 2.37 bits per heavy atom. The lowest BCUT2D eigenvalue weighted by Crippen LogP contribution is -2.35. The van der Waals surface area contributed by atoms with Crippen molar-refractivity contribution in [1.82, 2.24) is 5.32 Å². The van der Waals surface area contributed by atoms with E-state index in [1.54, 1.807) is 0 Å². The minimum atomic E-state index is -0.385. The van der Waals surface area contributed by atoms with Crippen LogP contribution in [0.2, 0.25) is 0 Å². The van der Waals surface area contributed by atoms with Gasteiger partial charge >= 0.3 is 0 Å². The normalized spacial score (nSPS) is 25.2.